The van der Waals surface area contributed by atoms with Gasteiger partial charge >= 0.3 is 6.18 Å². The lowest BCUT2D eigenvalue weighted by Gasteiger charge is -2.12. The van der Waals surface area contributed by atoms with E-state index in [2.05, 4.69) is 10.6 Å². The van der Waals surface area contributed by atoms with Gasteiger partial charge in [0.15, 0.2) is 0 Å². The van der Waals surface area contributed by atoms with Crippen LogP contribution in [0.4, 0.5) is 24.5 Å². The number of thiophene rings is 1. The maximum atomic E-state index is 12.7. The molecule has 1 aromatic heterocycles. The minimum Gasteiger partial charge on any atom is -0.322 e. The zero-order chi connectivity index (χ0) is 23.4. The third-order valence-electron chi connectivity index (χ3n) is 4.05. The quantitative estimate of drug-likeness (QED) is 0.471. The Labute approximate surface area is 185 Å². The number of halogens is 3. The zero-order valence-corrected chi connectivity index (χ0v) is 17.8. The Bertz CT molecular complexity index is 1210. The van der Waals surface area contributed by atoms with E-state index < -0.39 is 28.7 Å². The Morgan fingerprint density at radius 2 is 1.56 bits per heavy atom. The summed E-state index contributed by atoms with van der Waals surface area (Å²) in [5, 5.41) is 6.97. The number of nitrogens with one attached hydrogen (secondary N) is 3. The fourth-order valence-electron chi connectivity index (χ4n) is 2.56. The summed E-state index contributed by atoms with van der Waals surface area (Å²) < 4.78 is 62.1. The van der Waals surface area contributed by atoms with Crippen LogP contribution in [-0.4, -0.2) is 33.0 Å². The van der Waals surface area contributed by atoms with Crippen LogP contribution in [0, 0.1) is 0 Å². The van der Waals surface area contributed by atoms with Gasteiger partial charge in [0.05, 0.1) is 21.0 Å². The highest BCUT2D eigenvalue weighted by molar-refractivity contribution is 7.89. The summed E-state index contributed by atoms with van der Waals surface area (Å²) in [4.78, 5) is 25.1. The lowest BCUT2D eigenvalue weighted by atomic mass is 10.1. The van der Waals surface area contributed by atoms with Gasteiger partial charge in [0.25, 0.3) is 11.8 Å². The van der Waals surface area contributed by atoms with Crippen LogP contribution in [-0.2, 0) is 10.0 Å². The van der Waals surface area contributed by atoms with Crippen LogP contribution in [0.5, 0.6) is 0 Å². The molecule has 0 aliphatic rings. The molecule has 0 radical (unpaired) electrons. The number of rotatable bonds is 7. The predicted molar refractivity (Wildman–Crippen MR) is 114 cm³/mol. The molecule has 12 heteroatoms. The van der Waals surface area contributed by atoms with Crippen molar-refractivity contribution in [2.45, 2.75) is 11.1 Å². The number of amides is 2. The smallest absolute Gasteiger partial charge is 0.322 e. The van der Waals surface area contributed by atoms with Crippen LogP contribution >= 0.6 is 11.3 Å². The summed E-state index contributed by atoms with van der Waals surface area (Å²) in [6.45, 7) is -1.69. The lowest BCUT2D eigenvalue weighted by molar-refractivity contribution is -0.121. The molecule has 3 rings (SSSR count). The van der Waals surface area contributed by atoms with E-state index in [0.717, 1.165) is 12.1 Å². The molecule has 3 N–H and O–H groups in total. The number of sulfonamides is 1. The first kappa shape index (κ1) is 23.4. The summed E-state index contributed by atoms with van der Waals surface area (Å²) in [6.07, 6.45) is -4.69. The van der Waals surface area contributed by atoms with Gasteiger partial charge in [0.1, 0.15) is 6.54 Å². The van der Waals surface area contributed by atoms with Gasteiger partial charge in [0.2, 0.25) is 10.0 Å². The highest BCUT2D eigenvalue weighted by Crippen LogP contribution is 2.21. The van der Waals surface area contributed by atoms with Crippen molar-refractivity contribution < 1.29 is 31.2 Å². The van der Waals surface area contributed by atoms with Gasteiger partial charge in [0, 0.05) is 5.69 Å². The average Bonchev–Trinajstić information content (AvgIpc) is 3.28. The fraction of sp³-hybridized carbons (Fsp3) is 0.100. The van der Waals surface area contributed by atoms with Crippen LogP contribution in [0.1, 0.15) is 20.0 Å². The molecule has 0 unspecified atom stereocenters. The van der Waals surface area contributed by atoms with Crippen LogP contribution in [0.25, 0.3) is 0 Å². The minimum absolute atomic E-state index is 0.168. The maximum absolute atomic E-state index is 12.7. The number of carbonyl (C=O) groups is 2. The molecular weight excluding hydrogens is 467 g/mol. The summed E-state index contributed by atoms with van der Waals surface area (Å²) in [7, 11) is -4.36. The molecule has 0 aliphatic carbocycles. The van der Waals surface area contributed by atoms with Gasteiger partial charge in [-0.2, -0.15) is 13.2 Å². The molecule has 0 aliphatic heterocycles. The lowest BCUT2D eigenvalue weighted by Crippen LogP contribution is -2.33. The third kappa shape index (κ3) is 6.15. The van der Waals surface area contributed by atoms with E-state index >= 15 is 0 Å². The highest BCUT2D eigenvalue weighted by Gasteiger charge is 2.30. The van der Waals surface area contributed by atoms with Gasteiger partial charge in [-0.25, -0.2) is 13.1 Å². The Balaban J connectivity index is 1.71. The molecule has 3 aromatic rings. The van der Waals surface area contributed by atoms with Crippen molar-refractivity contribution in [3.8, 4) is 0 Å². The maximum Gasteiger partial charge on any atom is 0.402 e. The molecule has 0 saturated carbocycles. The summed E-state index contributed by atoms with van der Waals surface area (Å²) in [6, 6.07) is 14.3. The van der Waals surface area contributed by atoms with E-state index in [1.807, 2.05) is 0 Å². The Hall–Kier alpha value is -3.22. The third-order valence-corrected chi connectivity index (χ3v) is 6.34. The van der Waals surface area contributed by atoms with Gasteiger partial charge in [-0.1, -0.05) is 18.2 Å². The topological polar surface area (TPSA) is 104 Å². The summed E-state index contributed by atoms with van der Waals surface area (Å²) >= 11 is 1.25. The van der Waals surface area contributed by atoms with Crippen LogP contribution in [0.3, 0.4) is 0 Å². The molecule has 32 heavy (non-hydrogen) atoms. The van der Waals surface area contributed by atoms with E-state index in [9.17, 15) is 31.2 Å². The average molecular weight is 483 g/mol. The molecule has 2 amide bonds. The minimum atomic E-state index is -4.69. The second-order valence-corrected chi connectivity index (χ2v) is 9.11. The zero-order valence-electron chi connectivity index (χ0n) is 16.1. The first-order valence-electron chi connectivity index (χ1n) is 8.97. The van der Waals surface area contributed by atoms with Crippen molar-refractivity contribution in [1.82, 2.24) is 4.72 Å². The van der Waals surface area contributed by atoms with Crippen LogP contribution in [0.15, 0.2) is 70.9 Å². The highest BCUT2D eigenvalue weighted by atomic mass is 32.2. The van der Waals surface area contributed by atoms with Gasteiger partial charge in [-0.3, -0.25) is 9.59 Å². The fourth-order valence-corrected chi connectivity index (χ4v) is 4.19. The molecule has 168 valence electrons. The number of hydrogen-bond donors (Lipinski definition) is 3. The number of benzene rings is 2. The van der Waals surface area contributed by atoms with Crippen molar-refractivity contribution in [1.29, 1.82) is 0 Å². The number of carbonyl (C=O) groups excluding carboxylic acids is 2. The SMILES string of the molecule is O=C(Nc1ccccc1C(=O)Nc1ccc(S(=O)(=O)NCC(F)(F)F)cc1)c1cccs1. The summed E-state index contributed by atoms with van der Waals surface area (Å²) in [5.41, 5.74) is 0.657. The molecule has 0 saturated heterocycles. The molecule has 0 bridgehead atoms. The molecule has 2 aromatic carbocycles. The first-order chi connectivity index (χ1) is 15.0. The second kappa shape index (κ2) is 9.51. The van der Waals surface area contributed by atoms with E-state index in [1.54, 1.807) is 35.7 Å². The van der Waals surface area contributed by atoms with E-state index in [1.165, 1.54) is 34.3 Å². The monoisotopic (exact) mass is 483 g/mol. The van der Waals surface area contributed by atoms with Gasteiger partial charge in [-0.15, -0.1) is 11.3 Å². The molecule has 0 spiro atoms. The van der Waals surface area contributed by atoms with Gasteiger partial charge in [-0.05, 0) is 47.8 Å². The van der Waals surface area contributed by atoms with E-state index in [-0.39, 0.29) is 27.7 Å². The number of anilines is 2. The molecule has 0 fully saturated rings. The Kier molecular flexibility index (Phi) is 6.96. The molecule has 1 heterocycles. The number of hydrogen-bond acceptors (Lipinski definition) is 5. The predicted octanol–water partition coefficient (Wildman–Crippen LogP) is 4.09. The normalized spacial score (nSPS) is 11.7. The van der Waals surface area contributed by atoms with Crippen molar-refractivity contribution in [2.24, 2.45) is 0 Å². The largest absolute Gasteiger partial charge is 0.402 e. The number of para-hydroxylation sites is 1. The Morgan fingerprint density at radius 3 is 2.19 bits per heavy atom. The second-order valence-electron chi connectivity index (χ2n) is 6.40. The Morgan fingerprint density at radius 1 is 0.875 bits per heavy atom. The van der Waals surface area contributed by atoms with Crippen molar-refractivity contribution in [3.63, 3.8) is 0 Å². The van der Waals surface area contributed by atoms with E-state index in [0.29, 0.717) is 4.88 Å². The van der Waals surface area contributed by atoms with Crippen molar-refractivity contribution in [2.75, 3.05) is 17.2 Å². The first-order valence-corrected chi connectivity index (χ1v) is 11.3. The molecule has 7 nitrogen and oxygen atoms in total. The van der Waals surface area contributed by atoms with Gasteiger partial charge < -0.3 is 10.6 Å². The van der Waals surface area contributed by atoms with Crippen LogP contribution in [0.2, 0.25) is 0 Å². The van der Waals surface area contributed by atoms with Crippen molar-refractivity contribution in [3.05, 3.63) is 76.5 Å². The van der Waals surface area contributed by atoms with E-state index in [4.69, 9.17) is 0 Å². The standard InChI is InChI=1S/C20H16F3N3O4S2/c21-20(22,23)12-24-32(29,30)14-9-7-13(8-10-14)25-18(27)15-4-1-2-5-16(15)26-19(28)17-6-3-11-31-17/h1-11,24H,12H2,(H,25,27)(H,26,28). The van der Waals surface area contributed by atoms with Crippen LogP contribution < -0.4 is 15.4 Å². The molecule has 0 atom stereocenters. The number of alkyl halides is 3. The van der Waals surface area contributed by atoms with Crippen molar-refractivity contribution >= 4 is 44.5 Å². The molecular formula is C20H16F3N3O4S2. The summed E-state index contributed by atoms with van der Waals surface area (Å²) in [5.74, 6) is -0.945.